The molecule has 0 aliphatic carbocycles. The molecule has 1 aliphatic rings. The molecule has 1 saturated heterocycles. The Balaban J connectivity index is 1.57. The highest BCUT2D eigenvalue weighted by atomic mass is 16.2. The summed E-state index contributed by atoms with van der Waals surface area (Å²) in [6, 6.07) is 22.2. The molecule has 0 bridgehead atoms. The van der Waals surface area contributed by atoms with Gasteiger partial charge in [-0.15, -0.1) is 0 Å². The zero-order valence-corrected chi connectivity index (χ0v) is 18.9. The molecule has 0 aromatic heterocycles. The first kappa shape index (κ1) is 22.4. The number of hydrogen-bond donors (Lipinski definition) is 3. The predicted molar refractivity (Wildman–Crippen MR) is 135 cm³/mol. The van der Waals surface area contributed by atoms with Crippen LogP contribution in [-0.4, -0.2) is 25.0 Å². The molecule has 3 aromatic rings. The van der Waals surface area contributed by atoms with Crippen LogP contribution >= 0.6 is 0 Å². The van der Waals surface area contributed by atoms with Crippen LogP contribution in [0.5, 0.6) is 0 Å². The minimum absolute atomic E-state index is 0.187. The summed E-state index contributed by atoms with van der Waals surface area (Å²) in [5, 5.41) is 8.85. The smallest absolute Gasteiger partial charge is 0.323 e. The SMILES string of the molecule is Cc1cccc(NC(=O)Nc2cc(NC(=O)c3ccccc3)ccc2N2CCCCCC2)c1. The average molecular weight is 443 g/mol. The molecule has 6 heteroatoms. The van der Waals surface area contributed by atoms with Crippen LogP contribution in [0.3, 0.4) is 0 Å². The second kappa shape index (κ2) is 10.7. The van der Waals surface area contributed by atoms with Gasteiger partial charge in [-0.3, -0.25) is 4.79 Å². The summed E-state index contributed by atoms with van der Waals surface area (Å²) in [6.07, 6.45) is 4.69. The van der Waals surface area contributed by atoms with E-state index in [1.165, 1.54) is 12.8 Å². The quantitative estimate of drug-likeness (QED) is 0.436. The lowest BCUT2D eigenvalue weighted by Crippen LogP contribution is -2.27. The van der Waals surface area contributed by atoms with E-state index in [1.807, 2.05) is 67.6 Å². The number of carbonyl (C=O) groups is 2. The lowest BCUT2D eigenvalue weighted by atomic mass is 10.1. The first-order chi connectivity index (χ1) is 16.1. The molecule has 1 fully saturated rings. The number of benzene rings is 3. The molecule has 0 radical (unpaired) electrons. The zero-order valence-electron chi connectivity index (χ0n) is 18.9. The number of rotatable bonds is 5. The van der Waals surface area contributed by atoms with Gasteiger partial charge in [0.15, 0.2) is 0 Å². The van der Waals surface area contributed by atoms with Crippen molar-refractivity contribution < 1.29 is 9.59 Å². The summed E-state index contributed by atoms with van der Waals surface area (Å²) in [4.78, 5) is 27.8. The second-order valence-corrected chi connectivity index (χ2v) is 8.40. The van der Waals surface area contributed by atoms with E-state index in [0.29, 0.717) is 16.9 Å². The Bertz CT molecular complexity index is 1110. The molecule has 0 saturated carbocycles. The largest absolute Gasteiger partial charge is 0.370 e. The van der Waals surface area contributed by atoms with Crippen molar-refractivity contribution in [2.45, 2.75) is 32.6 Å². The molecule has 33 heavy (non-hydrogen) atoms. The van der Waals surface area contributed by atoms with Crippen LogP contribution in [0, 0.1) is 6.92 Å². The maximum atomic E-state index is 12.8. The molecule has 3 N–H and O–H groups in total. The Morgan fingerprint density at radius 2 is 1.45 bits per heavy atom. The summed E-state index contributed by atoms with van der Waals surface area (Å²) >= 11 is 0. The standard InChI is InChI=1S/C27H30N4O2/c1-20-10-9-13-22(18-20)29-27(33)30-24-19-23(28-26(32)21-11-5-4-6-12-21)14-15-25(24)31-16-7-2-3-8-17-31/h4-6,9-15,18-19H,2-3,7-8,16-17H2,1H3,(H,28,32)(H2,29,30,33). The van der Waals surface area contributed by atoms with Gasteiger partial charge >= 0.3 is 6.03 Å². The van der Waals surface area contributed by atoms with Gasteiger partial charge in [-0.2, -0.15) is 0 Å². The van der Waals surface area contributed by atoms with Crippen molar-refractivity contribution in [1.29, 1.82) is 0 Å². The van der Waals surface area contributed by atoms with Gasteiger partial charge in [0.1, 0.15) is 0 Å². The number of hydrogen-bond acceptors (Lipinski definition) is 3. The molecular formula is C27H30N4O2. The minimum Gasteiger partial charge on any atom is -0.370 e. The summed E-state index contributed by atoms with van der Waals surface area (Å²) in [6.45, 7) is 3.88. The van der Waals surface area contributed by atoms with Crippen LogP contribution in [-0.2, 0) is 0 Å². The third-order valence-corrected chi connectivity index (χ3v) is 5.76. The second-order valence-electron chi connectivity index (χ2n) is 8.40. The van der Waals surface area contributed by atoms with Crippen LogP contribution in [0.15, 0.2) is 72.8 Å². The van der Waals surface area contributed by atoms with Crippen molar-refractivity contribution in [3.63, 3.8) is 0 Å². The number of nitrogens with zero attached hydrogens (tertiary/aromatic N) is 1. The van der Waals surface area contributed by atoms with Gasteiger partial charge in [0, 0.05) is 30.0 Å². The third-order valence-electron chi connectivity index (χ3n) is 5.76. The Morgan fingerprint density at radius 3 is 2.18 bits per heavy atom. The van der Waals surface area contributed by atoms with E-state index in [0.717, 1.165) is 42.9 Å². The van der Waals surface area contributed by atoms with E-state index in [-0.39, 0.29) is 11.9 Å². The predicted octanol–water partition coefficient (Wildman–Crippen LogP) is 6.27. The van der Waals surface area contributed by atoms with E-state index in [9.17, 15) is 9.59 Å². The lowest BCUT2D eigenvalue weighted by Gasteiger charge is -2.26. The Morgan fingerprint density at radius 1 is 0.727 bits per heavy atom. The number of nitrogens with one attached hydrogen (secondary N) is 3. The average Bonchev–Trinajstić information content (AvgIpc) is 3.09. The van der Waals surface area contributed by atoms with Gasteiger partial charge < -0.3 is 20.9 Å². The summed E-state index contributed by atoms with van der Waals surface area (Å²) in [7, 11) is 0. The fraction of sp³-hybridized carbons (Fsp3) is 0.259. The molecule has 3 amide bonds. The van der Waals surface area contributed by atoms with Crippen molar-refractivity contribution in [1.82, 2.24) is 0 Å². The lowest BCUT2D eigenvalue weighted by molar-refractivity contribution is 0.102. The van der Waals surface area contributed by atoms with Crippen molar-refractivity contribution in [3.8, 4) is 0 Å². The van der Waals surface area contributed by atoms with Crippen molar-refractivity contribution in [2.75, 3.05) is 33.9 Å². The summed E-state index contributed by atoms with van der Waals surface area (Å²) < 4.78 is 0. The molecule has 4 rings (SSSR count). The molecule has 3 aromatic carbocycles. The van der Waals surface area contributed by atoms with Crippen LogP contribution in [0.2, 0.25) is 0 Å². The number of amides is 3. The molecule has 0 spiro atoms. The molecule has 6 nitrogen and oxygen atoms in total. The highest BCUT2D eigenvalue weighted by Crippen LogP contribution is 2.31. The molecule has 0 unspecified atom stereocenters. The Hall–Kier alpha value is -3.80. The number of urea groups is 1. The van der Waals surface area contributed by atoms with E-state index in [1.54, 1.807) is 12.1 Å². The van der Waals surface area contributed by atoms with Gasteiger partial charge in [-0.05, 0) is 67.8 Å². The minimum atomic E-state index is -0.316. The topological polar surface area (TPSA) is 73.5 Å². The van der Waals surface area contributed by atoms with E-state index < -0.39 is 0 Å². The van der Waals surface area contributed by atoms with Crippen molar-refractivity contribution in [3.05, 3.63) is 83.9 Å². The van der Waals surface area contributed by atoms with Crippen LogP contribution in [0.25, 0.3) is 0 Å². The van der Waals surface area contributed by atoms with Crippen molar-refractivity contribution >= 4 is 34.7 Å². The van der Waals surface area contributed by atoms with Gasteiger partial charge in [0.25, 0.3) is 5.91 Å². The molecule has 0 atom stereocenters. The van der Waals surface area contributed by atoms with Gasteiger partial charge in [0.2, 0.25) is 0 Å². The molecule has 170 valence electrons. The Kier molecular flexibility index (Phi) is 7.25. The molecule has 1 aliphatic heterocycles. The Labute approximate surface area is 195 Å². The van der Waals surface area contributed by atoms with Gasteiger partial charge in [0.05, 0.1) is 11.4 Å². The zero-order chi connectivity index (χ0) is 23.0. The third kappa shape index (κ3) is 6.13. The fourth-order valence-electron chi connectivity index (χ4n) is 4.10. The maximum absolute atomic E-state index is 12.8. The number of aryl methyl sites for hydroxylation is 1. The van der Waals surface area contributed by atoms with E-state index in [2.05, 4.69) is 20.9 Å². The van der Waals surface area contributed by atoms with Crippen LogP contribution < -0.4 is 20.9 Å². The number of carbonyl (C=O) groups excluding carboxylic acids is 2. The molecular weight excluding hydrogens is 412 g/mol. The first-order valence-electron chi connectivity index (χ1n) is 11.5. The summed E-state index contributed by atoms with van der Waals surface area (Å²) in [5.41, 5.74) is 4.66. The van der Waals surface area contributed by atoms with E-state index >= 15 is 0 Å². The van der Waals surface area contributed by atoms with Gasteiger partial charge in [-0.25, -0.2) is 4.79 Å². The number of anilines is 4. The van der Waals surface area contributed by atoms with Crippen molar-refractivity contribution in [2.24, 2.45) is 0 Å². The van der Waals surface area contributed by atoms with Gasteiger partial charge in [-0.1, -0.05) is 43.2 Å². The highest BCUT2D eigenvalue weighted by Gasteiger charge is 2.17. The van der Waals surface area contributed by atoms with Crippen LogP contribution in [0.4, 0.5) is 27.5 Å². The van der Waals surface area contributed by atoms with E-state index in [4.69, 9.17) is 0 Å². The highest BCUT2D eigenvalue weighted by molar-refractivity contribution is 6.06. The maximum Gasteiger partial charge on any atom is 0.323 e. The van der Waals surface area contributed by atoms with Crippen LogP contribution in [0.1, 0.15) is 41.6 Å². The first-order valence-corrected chi connectivity index (χ1v) is 11.5. The fourth-order valence-corrected chi connectivity index (χ4v) is 4.10. The summed E-state index contributed by atoms with van der Waals surface area (Å²) in [5.74, 6) is -0.187. The monoisotopic (exact) mass is 442 g/mol. The normalized spacial score (nSPS) is 13.7. The molecule has 1 heterocycles.